The van der Waals surface area contributed by atoms with Crippen LogP contribution in [-0.2, 0) is 26.2 Å². The van der Waals surface area contributed by atoms with Crippen molar-refractivity contribution in [2.75, 3.05) is 24.5 Å². The third-order valence-corrected chi connectivity index (χ3v) is 8.72. The van der Waals surface area contributed by atoms with Gasteiger partial charge in [-0.3, -0.25) is 13.9 Å². The molecule has 0 heterocycles. The van der Waals surface area contributed by atoms with Gasteiger partial charge in [0.2, 0.25) is 11.8 Å². The fourth-order valence-electron chi connectivity index (χ4n) is 4.44. The number of benzene rings is 3. The predicted octanol–water partition coefficient (Wildman–Crippen LogP) is 5.58. The molecule has 0 aliphatic heterocycles. The van der Waals surface area contributed by atoms with E-state index in [1.54, 1.807) is 60.7 Å². The van der Waals surface area contributed by atoms with E-state index in [4.69, 9.17) is 16.3 Å². The first-order valence-corrected chi connectivity index (χ1v) is 15.5. The minimum absolute atomic E-state index is 0.0324. The zero-order valence-corrected chi connectivity index (χ0v) is 25.5. The molecule has 1 atom stereocenters. The number of anilines is 1. The van der Waals surface area contributed by atoms with E-state index in [1.165, 1.54) is 24.1 Å². The molecule has 1 unspecified atom stereocenters. The SMILES string of the molecule is CCCCNC(=O)C(CC)N(Cc1ccc(Cl)cc1)C(=O)CN(c1cc(C)ccc1OC)S(=O)(=O)c1ccccc1. The summed E-state index contributed by atoms with van der Waals surface area (Å²) in [5.74, 6) is -0.508. The summed E-state index contributed by atoms with van der Waals surface area (Å²) in [5.41, 5.74) is 1.78. The monoisotopic (exact) mass is 599 g/mol. The second-order valence-corrected chi connectivity index (χ2v) is 12.0. The molecule has 41 heavy (non-hydrogen) atoms. The van der Waals surface area contributed by atoms with Crippen LogP contribution < -0.4 is 14.4 Å². The molecule has 0 radical (unpaired) electrons. The van der Waals surface area contributed by atoms with Gasteiger partial charge in [-0.15, -0.1) is 0 Å². The Kier molecular flexibility index (Phi) is 11.6. The Morgan fingerprint density at radius 2 is 1.68 bits per heavy atom. The van der Waals surface area contributed by atoms with Gasteiger partial charge in [-0.05, 0) is 67.3 Å². The van der Waals surface area contributed by atoms with Crippen LogP contribution in [0, 0.1) is 6.92 Å². The number of aryl methyl sites for hydroxylation is 1. The topological polar surface area (TPSA) is 96.0 Å². The molecule has 10 heteroatoms. The molecule has 3 rings (SSSR count). The maximum absolute atomic E-state index is 14.2. The van der Waals surface area contributed by atoms with Crippen LogP contribution in [0.5, 0.6) is 5.75 Å². The van der Waals surface area contributed by atoms with Gasteiger partial charge in [-0.25, -0.2) is 8.42 Å². The predicted molar refractivity (Wildman–Crippen MR) is 163 cm³/mol. The van der Waals surface area contributed by atoms with Crippen LogP contribution >= 0.6 is 11.6 Å². The van der Waals surface area contributed by atoms with Gasteiger partial charge in [0.05, 0.1) is 17.7 Å². The molecule has 0 saturated heterocycles. The number of rotatable bonds is 14. The summed E-state index contributed by atoms with van der Waals surface area (Å²) in [6, 6.07) is 19.3. The van der Waals surface area contributed by atoms with Crippen LogP contribution in [0.3, 0.4) is 0 Å². The second kappa shape index (κ2) is 14.9. The van der Waals surface area contributed by atoms with E-state index in [0.717, 1.165) is 28.3 Å². The van der Waals surface area contributed by atoms with Crippen molar-refractivity contribution >= 4 is 39.1 Å². The van der Waals surface area contributed by atoms with Gasteiger partial charge in [0.1, 0.15) is 18.3 Å². The Balaban J connectivity index is 2.08. The molecule has 0 aliphatic rings. The summed E-state index contributed by atoms with van der Waals surface area (Å²) in [7, 11) is -2.74. The Bertz CT molecular complexity index is 1420. The molecular formula is C31H38ClN3O5S. The molecule has 0 fully saturated rings. The van der Waals surface area contributed by atoms with Crippen LogP contribution in [-0.4, -0.2) is 51.4 Å². The van der Waals surface area contributed by atoms with Crippen molar-refractivity contribution < 1.29 is 22.7 Å². The molecule has 1 N–H and O–H groups in total. The highest BCUT2D eigenvalue weighted by molar-refractivity contribution is 7.92. The number of unbranched alkanes of at least 4 members (excludes halogenated alkanes) is 1. The molecule has 3 aromatic carbocycles. The number of carbonyl (C=O) groups excluding carboxylic acids is 2. The first-order valence-electron chi connectivity index (χ1n) is 13.7. The van der Waals surface area contributed by atoms with Crippen molar-refractivity contribution in [2.45, 2.75) is 57.5 Å². The van der Waals surface area contributed by atoms with Crippen LogP contribution in [0.15, 0.2) is 77.7 Å². The molecular weight excluding hydrogens is 562 g/mol. The van der Waals surface area contributed by atoms with Crippen molar-refractivity contribution in [3.8, 4) is 5.75 Å². The lowest BCUT2D eigenvalue weighted by atomic mass is 10.1. The second-order valence-electron chi connectivity index (χ2n) is 9.72. The van der Waals surface area contributed by atoms with Gasteiger partial charge in [0, 0.05) is 18.1 Å². The third kappa shape index (κ3) is 8.24. The fourth-order valence-corrected chi connectivity index (χ4v) is 6.00. The lowest BCUT2D eigenvalue weighted by molar-refractivity contribution is -0.140. The highest BCUT2D eigenvalue weighted by atomic mass is 35.5. The first kappa shape index (κ1) is 32.0. The van der Waals surface area contributed by atoms with Crippen molar-refractivity contribution in [3.63, 3.8) is 0 Å². The van der Waals surface area contributed by atoms with Crippen molar-refractivity contribution in [1.29, 1.82) is 0 Å². The number of hydrogen-bond acceptors (Lipinski definition) is 5. The van der Waals surface area contributed by atoms with Gasteiger partial charge in [-0.1, -0.05) is 68.3 Å². The van der Waals surface area contributed by atoms with Crippen molar-refractivity contribution in [1.82, 2.24) is 10.2 Å². The maximum atomic E-state index is 14.2. The van der Waals surface area contributed by atoms with E-state index in [0.29, 0.717) is 23.7 Å². The summed E-state index contributed by atoms with van der Waals surface area (Å²) in [5, 5.41) is 3.47. The largest absolute Gasteiger partial charge is 0.495 e. The van der Waals surface area contributed by atoms with Crippen LogP contribution in [0.25, 0.3) is 0 Å². The third-order valence-electron chi connectivity index (χ3n) is 6.69. The molecule has 0 spiro atoms. The molecule has 0 aliphatic carbocycles. The summed E-state index contributed by atoms with van der Waals surface area (Å²) >= 11 is 6.08. The molecule has 8 nitrogen and oxygen atoms in total. The Morgan fingerprint density at radius 3 is 2.29 bits per heavy atom. The molecule has 2 amide bonds. The molecule has 0 bridgehead atoms. The first-order chi connectivity index (χ1) is 19.6. The van der Waals surface area contributed by atoms with Gasteiger partial charge < -0.3 is 15.0 Å². The van der Waals surface area contributed by atoms with Gasteiger partial charge in [-0.2, -0.15) is 0 Å². The zero-order chi connectivity index (χ0) is 30.0. The highest BCUT2D eigenvalue weighted by Gasteiger charge is 2.34. The van der Waals surface area contributed by atoms with E-state index >= 15 is 0 Å². The number of nitrogens with one attached hydrogen (secondary N) is 1. The summed E-state index contributed by atoms with van der Waals surface area (Å²) in [4.78, 5) is 28.9. The van der Waals surface area contributed by atoms with Gasteiger partial charge >= 0.3 is 0 Å². The van der Waals surface area contributed by atoms with Crippen molar-refractivity contribution in [3.05, 3.63) is 88.9 Å². The van der Waals surface area contributed by atoms with E-state index in [1.807, 2.05) is 20.8 Å². The Morgan fingerprint density at radius 1 is 1.00 bits per heavy atom. The Labute approximate surface area is 248 Å². The number of amides is 2. The lowest BCUT2D eigenvalue weighted by Gasteiger charge is -2.33. The molecule has 220 valence electrons. The van der Waals surface area contributed by atoms with Gasteiger partial charge in [0.25, 0.3) is 10.0 Å². The lowest BCUT2D eigenvalue weighted by Crippen LogP contribution is -2.52. The number of ether oxygens (including phenoxy) is 1. The summed E-state index contributed by atoms with van der Waals surface area (Å²) < 4.78 is 34.6. The number of nitrogens with zero attached hydrogens (tertiary/aromatic N) is 2. The summed E-state index contributed by atoms with van der Waals surface area (Å²) in [6.07, 6.45) is 2.06. The standard InChI is InChI=1S/C31H38ClN3O5S/c1-5-7-19-33-31(37)27(6-2)34(21-24-14-16-25(32)17-15-24)30(36)22-35(28-20-23(3)13-18-29(28)40-4)41(38,39)26-11-9-8-10-12-26/h8-18,20,27H,5-7,19,21-22H2,1-4H3,(H,33,37). The normalized spacial score (nSPS) is 11.9. The van der Waals surface area contributed by atoms with E-state index in [9.17, 15) is 18.0 Å². The van der Waals surface area contributed by atoms with E-state index < -0.39 is 28.5 Å². The quantitative estimate of drug-likeness (QED) is 0.244. The molecule has 3 aromatic rings. The maximum Gasteiger partial charge on any atom is 0.264 e. The molecule has 0 saturated carbocycles. The van der Waals surface area contributed by atoms with Crippen LogP contribution in [0.2, 0.25) is 5.02 Å². The average molecular weight is 600 g/mol. The Hall–Kier alpha value is -3.56. The average Bonchev–Trinajstić information content (AvgIpc) is 2.97. The zero-order valence-electron chi connectivity index (χ0n) is 24.0. The highest BCUT2D eigenvalue weighted by Crippen LogP contribution is 2.33. The minimum Gasteiger partial charge on any atom is -0.495 e. The van der Waals surface area contributed by atoms with Gasteiger partial charge in [0.15, 0.2) is 0 Å². The van der Waals surface area contributed by atoms with Crippen LogP contribution in [0.1, 0.15) is 44.2 Å². The molecule has 0 aromatic heterocycles. The summed E-state index contributed by atoms with van der Waals surface area (Å²) in [6.45, 7) is 5.74. The number of methoxy groups -OCH3 is 1. The fraction of sp³-hybridized carbons (Fsp3) is 0.355. The minimum atomic E-state index is -4.19. The number of hydrogen-bond donors (Lipinski definition) is 1. The number of sulfonamides is 1. The van der Waals surface area contributed by atoms with E-state index in [-0.39, 0.29) is 23.0 Å². The van der Waals surface area contributed by atoms with E-state index in [2.05, 4.69) is 5.32 Å². The number of halogens is 1. The number of carbonyl (C=O) groups is 2. The van der Waals surface area contributed by atoms with Crippen molar-refractivity contribution in [2.24, 2.45) is 0 Å². The van der Waals surface area contributed by atoms with Crippen LogP contribution in [0.4, 0.5) is 5.69 Å². The smallest absolute Gasteiger partial charge is 0.264 e.